The van der Waals surface area contributed by atoms with Gasteiger partial charge in [-0.25, -0.2) is 9.59 Å². The highest BCUT2D eigenvalue weighted by atomic mass is 35.5. The quantitative estimate of drug-likeness (QED) is 0.774. The SMILES string of the molecule is CCOC(=O)C1=C(CN2CCCCC2)NC(=O)N[C@@H]1c1ccccc1Cl. The molecule has 2 N–H and O–H groups in total. The van der Waals surface area contributed by atoms with Crippen LogP contribution in [-0.2, 0) is 9.53 Å². The van der Waals surface area contributed by atoms with Gasteiger partial charge in [0.15, 0.2) is 0 Å². The van der Waals surface area contributed by atoms with Crippen LogP contribution >= 0.6 is 11.6 Å². The summed E-state index contributed by atoms with van der Waals surface area (Å²) in [6.45, 7) is 4.46. The van der Waals surface area contributed by atoms with Crippen molar-refractivity contribution >= 4 is 23.6 Å². The van der Waals surface area contributed by atoms with Crippen molar-refractivity contribution in [1.82, 2.24) is 15.5 Å². The molecule has 0 aromatic heterocycles. The first-order valence-corrected chi connectivity index (χ1v) is 9.42. The van der Waals surface area contributed by atoms with Crippen LogP contribution in [0, 0.1) is 0 Å². The molecule has 7 heteroatoms. The average Bonchev–Trinajstić information content (AvgIpc) is 2.62. The third-order valence-electron chi connectivity index (χ3n) is 4.70. The monoisotopic (exact) mass is 377 g/mol. The molecule has 0 saturated carbocycles. The number of esters is 1. The van der Waals surface area contributed by atoms with Crippen molar-refractivity contribution in [2.24, 2.45) is 0 Å². The first kappa shape index (κ1) is 18.7. The lowest BCUT2D eigenvalue weighted by molar-refractivity contribution is -0.139. The second-order valence-corrected chi connectivity index (χ2v) is 6.91. The zero-order valence-corrected chi connectivity index (χ0v) is 15.6. The topological polar surface area (TPSA) is 70.7 Å². The lowest BCUT2D eigenvalue weighted by Gasteiger charge is -2.33. The maximum Gasteiger partial charge on any atom is 0.338 e. The molecule has 2 heterocycles. The largest absolute Gasteiger partial charge is 0.463 e. The van der Waals surface area contributed by atoms with Gasteiger partial charge >= 0.3 is 12.0 Å². The van der Waals surface area contributed by atoms with Gasteiger partial charge in [-0.15, -0.1) is 0 Å². The normalized spacial score (nSPS) is 21.2. The van der Waals surface area contributed by atoms with Crippen molar-refractivity contribution in [1.29, 1.82) is 0 Å². The molecule has 0 spiro atoms. The molecule has 1 aromatic carbocycles. The van der Waals surface area contributed by atoms with Crippen molar-refractivity contribution in [2.75, 3.05) is 26.2 Å². The van der Waals surface area contributed by atoms with Crippen LogP contribution in [0.5, 0.6) is 0 Å². The van der Waals surface area contributed by atoms with Crippen LogP contribution in [0.15, 0.2) is 35.5 Å². The van der Waals surface area contributed by atoms with E-state index in [1.165, 1.54) is 6.42 Å². The molecule has 0 aliphatic carbocycles. The molecule has 0 unspecified atom stereocenters. The predicted molar refractivity (Wildman–Crippen MR) is 99.8 cm³/mol. The average molecular weight is 378 g/mol. The molecule has 1 fully saturated rings. The van der Waals surface area contributed by atoms with Crippen molar-refractivity contribution in [2.45, 2.75) is 32.2 Å². The molecule has 26 heavy (non-hydrogen) atoms. The number of nitrogens with one attached hydrogen (secondary N) is 2. The van der Waals surface area contributed by atoms with E-state index in [0.717, 1.165) is 25.9 Å². The van der Waals surface area contributed by atoms with E-state index in [0.29, 0.717) is 28.4 Å². The molecular weight excluding hydrogens is 354 g/mol. The van der Waals surface area contributed by atoms with Crippen molar-refractivity contribution in [3.05, 3.63) is 46.1 Å². The zero-order chi connectivity index (χ0) is 18.5. The standard InChI is InChI=1S/C19H24ClN3O3/c1-2-26-18(24)16-15(12-23-10-6-3-7-11-23)21-19(25)22-17(16)13-8-4-5-9-14(13)20/h4-5,8-9,17H,2-3,6-7,10-12H2,1H3,(H2,21,22,25)/t17-/m1/s1. The van der Waals surface area contributed by atoms with E-state index in [1.54, 1.807) is 13.0 Å². The summed E-state index contributed by atoms with van der Waals surface area (Å²) in [5.41, 5.74) is 1.70. The van der Waals surface area contributed by atoms with E-state index in [4.69, 9.17) is 16.3 Å². The molecule has 0 bridgehead atoms. The zero-order valence-electron chi connectivity index (χ0n) is 14.9. The summed E-state index contributed by atoms with van der Waals surface area (Å²) in [6, 6.07) is 6.25. The number of halogens is 1. The van der Waals surface area contributed by atoms with Gasteiger partial charge in [0.1, 0.15) is 0 Å². The van der Waals surface area contributed by atoms with Gasteiger partial charge in [0.05, 0.1) is 18.2 Å². The van der Waals surface area contributed by atoms with Crippen molar-refractivity contribution < 1.29 is 14.3 Å². The summed E-state index contributed by atoms with van der Waals surface area (Å²) >= 11 is 6.34. The number of carbonyl (C=O) groups is 2. The fourth-order valence-corrected chi connectivity index (χ4v) is 3.72. The molecule has 3 rings (SSSR count). The number of likely N-dealkylation sites (tertiary alicyclic amines) is 1. The Hall–Kier alpha value is -2.05. The molecular formula is C19H24ClN3O3. The van der Waals surface area contributed by atoms with E-state index in [2.05, 4.69) is 15.5 Å². The molecule has 1 atom stereocenters. The van der Waals surface area contributed by atoms with E-state index in [9.17, 15) is 9.59 Å². The third-order valence-corrected chi connectivity index (χ3v) is 5.04. The Balaban J connectivity index is 2.00. The maximum absolute atomic E-state index is 12.7. The number of nitrogens with zero attached hydrogens (tertiary/aromatic N) is 1. The van der Waals surface area contributed by atoms with Crippen LogP contribution in [0.25, 0.3) is 0 Å². The summed E-state index contributed by atoms with van der Waals surface area (Å²) in [7, 11) is 0. The minimum atomic E-state index is -0.628. The Labute approximate surface area is 158 Å². The smallest absolute Gasteiger partial charge is 0.338 e. The Morgan fingerprint density at radius 2 is 2.00 bits per heavy atom. The second kappa shape index (κ2) is 8.56. The number of hydrogen-bond acceptors (Lipinski definition) is 4. The highest BCUT2D eigenvalue weighted by molar-refractivity contribution is 6.31. The fourth-order valence-electron chi connectivity index (χ4n) is 3.48. The van der Waals surface area contributed by atoms with Gasteiger partial charge in [0.25, 0.3) is 0 Å². The Morgan fingerprint density at radius 1 is 1.27 bits per heavy atom. The Bertz CT molecular complexity index is 714. The number of amides is 2. The first-order valence-electron chi connectivity index (χ1n) is 9.04. The van der Waals surface area contributed by atoms with E-state index < -0.39 is 12.0 Å². The van der Waals surface area contributed by atoms with Crippen LogP contribution in [0.4, 0.5) is 4.79 Å². The lowest BCUT2D eigenvalue weighted by atomic mass is 9.94. The molecule has 1 aromatic rings. The van der Waals surface area contributed by atoms with Gasteiger partial charge in [-0.3, -0.25) is 4.90 Å². The number of carbonyl (C=O) groups excluding carboxylic acids is 2. The van der Waals surface area contributed by atoms with Gasteiger partial charge in [-0.2, -0.15) is 0 Å². The molecule has 6 nitrogen and oxygen atoms in total. The third kappa shape index (κ3) is 4.19. The van der Waals surface area contributed by atoms with Gasteiger partial charge in [0, 0.05) is 17.3 Å². The van der Waals surface area contributed by atoms with Gasteiger partial charge in [0.2, 0.25) is 0 Å². The minimum Gasteiger partial charge on any atom is -0.463 e. The number of piperidine rings is 1. The Kier molecular flexibility index (Phi) is 6.16. The second-order valence-electron chi connectivity index (χ2n) is 6.50. The first-order chi connectivity index (χ1) is 12.6. The predicted octanol–water partition coefficient (Wildman–Crippen LogP) is 3.00. The van der Waals surface area contributed by atoms with E-state index in [1.807, 2.05) is 18.2 Å². The molecule has 2 aliphatic rings. The van der Waals surface area contributed by atoms with Gasteiger partial charge < -0.3 is 15.4 Å². The lowest BCUT2D eigenvalue weighted by Crippen LogP contribution is -2.49. The summed E-state index contributed by atoms with van der Waals surface area (Å²) in [5, 5.41) is 6.13. The summed E-state index contributed by atoms with van der Waals surface area (Å²) in [4.78, 5) is 27.2. The van der Waals surface area contributed by atoms with Crippen LogP contribution < -0.4 is 10.6 Å². The van der Waals surface area contributed by atoms with Crippen LogP contribution in [-0.4, -0.2) is 43.1 Å². The highest BCUT2D eigenvalue weighted by Crippen LogP contribution is 2.32. The number of hydrogen-bond donors (Lipinski definition) is 2. The van der Waals surface area contributed by atoms with Crippen LogP contribution in [0.3, 0.4) is 0 Å². The van der Waals surface area contributed by atoms with Crippen molar-refractivity contribution in [3.8, 4) is 0 Å². The molecule has 2 aliphatic heterocycles. The Morgan fingerprint density at radius 3 is 2.69 bits per heavy atom. The van der Waals surface area contributed by atoms with E-state index >= 15 is 0 Å². The maximum atomic E-state index is 12.7. The number of benzene rings is 1. The summed E-state index contributed by atoms with van der Waals surface area (Å²) < 4.78 is 5.28. The van der Waals surface area contributed by atoms with Crippen molar-refractivity contribution in [3.63, 3.8) is 0 Å². The molecule has 1 saturated heterocycles. The fraction of sp³-hybridized carbons (Fsp3) is 0.474. The highest BCUT2D eigenvalue weighted by Gasteiger charge is 2.35. The summed E-state index contributed by atoms with van der Waals surface area (Å²) in [5.74, 6) is -0.433. The minimum absolute atomic E-state index is 0.266. The van der Waals surface area contributed by atoms with Crippen LogP contribution in [0.2, 0.25) is 5.02 Å². The molecule has 0 radical (unpaired) electrons. The number of rotatable bonds is 5. The number of urea groups is 1. The van der Waals surface area contributed by atoms with Crippen LogP contribution in [0.1, 0.15) is 37.8 Å². The molecule has 140 valence electrons. The van der Waals surface area contributed by atoms with Gasteiger partial charge in [-0.1, -0.05) is 36.2 Å². The number of ether oxygens (including phenoxy) is 1. The van der Waals surface area contributed by atoms with Gasteiger partial charge in [-0.05, 0) is 44.5 Å². The van der Waals surface area contributed by atoms with E-state index in [-0.39, 0.29) is 12.6 Å². The molecule has 2 amide bonds. The summed E-state index contributed by atoms with van der Waals surface area (Å²) in [6.07, 6.45) is 3.47.